The average Bonchev–Trinajstić information content (AvgIpc) is 2.95. The minimum atomic E-state index is -0.251. The topological polar surface area (TPSA) is 43.6 Å². The molecule has 4 nitrogen and oxygen atoms in total. The van der Waals surface area contributed by atoms with E-state index in [0.29, 0.717) is 11.5 Å². The lowest BCUT2D eigenvalue weighted by atomic mass is 10.4. The Morgan fingerprint density at radius 1 is 1.59 bits per heavy atom. The minimum absolute atomic E-state index is 0.251. The average molecular weight is 266 g/mol. The molecule has 0 aliphatic carbocycles. The van der Waals surface area contributed by atoms with Crippen molar-refractivity contribution < 1.29 is 9.53 Å². The Hall–Kier alpha value is -1.40. The molecule has 0 aliphatic rings. The van der Waals surface area contributed by atoms with Crippen LogP contribution >= 0.6 is 22.7 Å². The second kappa shape index (κ2) is 4.12. The summed E-state index contributed by atoms with van der Waals surface area (Å²) < 4.78 is 7.10. The summed E-state index contributed by atoms with van der Waals surface area (Å²) in [5, 5.41) is 1.98. The number of thiazole rings is 1. The smallest absolute Gasteiger partial charge is 0.348 e. The summed E-state index contributed by atoms with van der Waals surface area (Å²) in [6.07, 6.45) is 2.80. The summed E-state index contributed by atoms with van der Waals surface area (Å²) in [4.78, 5) is 18.6. The minimum Gasteiger partial charge on any atom is -0.462 e. The molecule has 0 atom stereocenters. The maximum absolute atomic E-state index is 11.7. The molecule has 3 aromatic heterocycles. The van der Waals surface area contributed by atoms with Crippen LogP contribution in [0, 0.1) is 0 Å². The van der Waals surface area contributed by atoms with Crippen LogP contribution in [-0.2, 0) is 4.74 Å². The highest BCUT2D eigenvalue weighted by Gasteiger charge is 2.15. The van der Waals surface area contributed by atoms with E-state index in [4.69, 9.17) is 4.74 Å². The van der Waals surface area contributed by atoms with Crippen LogP contribution in [0.15, 0.2) is 17.6 Å². The lowest BCUT2D eigenvalue weighted by Crippen LogP contribution is -2.03. The molecular formula is C11H10N2O2S2. The van der Waals surface area contributed by atoms with Crippen molar-refractivity contribution >= 4 is 44.0 Å². The van der Waals surface area contributed by atoms with Crippen LogP contribution in [0.5, 0.6) is 0 Å². The fourth-order valence-electron chi connectivity index (χ4n) is 1.61. The van der Waals surface area contributed by atoms with Crippen molar-refractivity contribution in [1.29, 1.82) is 0 Å². The molecule has 0 aromatic carbocycles. The molecule has 0 fully saturated rings. The van der Waals surface area contributed by atoms with Crippen molar-refractivity contribution in [2.45, 2.75) is 13.3 Å². The van der Waals surface area contributed by atoms with E-state index in [1.165, 1.54) is 11.3 Å². The van der Waals surface area contributed by atoms with E-state index in [1.807, 2.05) is 29.0 Å². The van der Waals surface area contributed by atoms with Crippen LogP contribution in [0.1, 0.15) is 23.0 Å². The second-order valence-electron chi connectivity index (χ2n) is 3.60. The van der Waals surface area contributed by atoms with Gasteiger partial charge in [0, 0.05) is 11.6 Å². The quantitative estimate of drug-likeness (QED) is 0.684. The maximum Gasteiger partial charge on any atom is 0.348 e. The number of esters is 1. The van der Waals surface area contributed by atoms with Gasteiger partial charge in [-0.05, 0) is 12.5 Å². The van der Waals surface area contributed by atoms with Crippen LogP contribution in [-0.4, -0.2) is 22.0 Å². The Kier molecular flexibility index (Phi) is 2.60. The molecule has 0 bridgehead atoms. The number of thiophene rings is 1. The lowest BCUT2D eigenvalue weighted by molar-refractivity contribution is 0.0511. The van der Waals surface area contributed by atoms with Crippen molar-refractivity contribution in [2.24, 2.45) is 0 Å². The summed E-state index contributed by atoms with van der Waals surface area (Å²) in [6.45, 7) is 2.44. The Morgan fingerprint density at radius 2 is 2.47 bits per heavy atom. The fraction of sp³-hybridized carbons (Fsp3) is 0.273. The largest absolute Gasteiger partial charge is 0.462 e. The number of carbonyl (C=O) groups is 1. The van der Waals surface area contributed by atoms with Gasteiger partial charge in [0.2, 0.25) is 0 Å². The molecular weight excluding hydrogens is 256 g/mol. The number of imidazole rings is 1. The molecule has 0 saturated carbocycles. The maximum atomic E-state index is 11.7. The van der Waals surface area contributed by atoms with E-state index in [1.54, 1.807) is 11.3 Å². The lowest BCUT2D eigenvalue weighted by Gasteiger charge is -1.98. The van der Waals surface area contributed by atoms with Crippen LogP contribution in [0.2, 0.25) is 0 Å². The molecule has 0 unspecified atom stereocenters. The monoisotopic (exact) mass is 266 g/mol. The van der Waals surface area contributed by atoms with Crippen molar-refractivity contribution in [3.05, 3.63) is 22.5 Å². The van der Waals surface area contributed by atoms with Gasteiger partial charge in [0.15, 0.2) is 4.96 Å². The Labute approximate surface area is 105 Å². The Bertz CT molecular complexity index is 680. The number of hydrogen-bond donors (Lipinski definition) is 0. The molecule has 3 rings (SSSR count). The number of ether oxygens (including phenoxy) is 1. The fourth-order valence-corrected chi connectivity index (χ4v) is 3.31. The number of aromatic nitrogens is 2. The van der Waals surface area contributed by atoms with E-state index in [-0.39, 0.29) is 5.97 Å². The summed E-state index contributed by atoms with van der Waals surface area (Å²) in [7, 11) is 0. The standard InChI is InChI=1S/C11H10N2O2S2/c1-2-4-15-10(14)8-6-7-9(17-8)12-11-13(7)3-5-16-11/h3,5-6H,2,4H2,1H3. The van der Waals surface area contributed by atoms with E-state index in [2.05, 4.69) is 4.98 Å². The van der Waals surface area contributed by atoms with Gasteiger partial charge >= 0.3 is 5.97 Å². The normalized spacial score (nSPS) is 11.4. The highest BCUT2D eigenvalue weighted by Crippen LogP contribution is 2.28. The molecule has 17 heavy (non-hydrogen) atoms. The molecule has 0 amide bonds. The third kappa shape index (κ3) is 1.73. The van der Waals surface area contributed by atoms with Gasteiger partial charge in [0.1, 0.15) is 9.71 Å². The number of carbonyl (C=O) groups excluding carboxylic acids is 1. The molecule has 3 aromatic rings. The first kappa shape index (κ1) is 10.7. The summed E-state index contributed by atoms with van der Waals surface area (Å²) in [5.74, 6) is -0.251. The van der Waals surface area contributed by atoms with Crippen LogP contribution in [0.25, 0.3) is 15.3 Å². The van der Waals surface area contributed by atoms with Crippen LogP contribution < -0.4 is 0 Å². The first-order valence-electron chi connectivity index (χ1n) is 5.32. The van der Waals surface area contributed by atoms with E-state index < -0.39 is 0 Å². The number of hydrogen-bond acceptors (Lipinski definition) is 5. The van der Waals surface area contributed by atoms with E-state index in [0.717, 1.165) is 21.7 Å². The summed E-state index contributed by atoms with van der Waals surface area (Å²) in [6, 6.07) is 1.85. The molecule has 88 valence electrons. The predicted molar refractivity (Wildman–Crippen MR) is 69.0 cm³/mol. The summed E-state index contributed by atoms with van der Waals surface area (Å²) >= 11 is 2.97. The van der Waals surface area contributed by atoms with Crippen molar-refractivity contribution in [3.63, 3.8) is 0 Å². The van der Waals surface area contributed by atoms with Gasteiger partial charge in [-0.15, -0.1) is 22.7 Å². The van der Waals surface area contributed by atoms with Gasteiger partial charge in [-0.3, -0.25) is 4.40 Å². The van der Waals surface area contributed by atoms with E-state index in [9.17, 15) is 4.79 Å². The molecule has 0 spiro atoms. The molecule has 0 saturated heterocycles. The van der Waals surface area contributed by atoms with Crippen molar-refractivity contribution in [1.82, 2.24) is 9.38 Å². The third-order valence-electron chi connectivity index (χ3n) is 2.38. The molecule has 3 heterocycles. The third-order valence-corrected chi connectivity index (χ3v) is 4.13. The predicted octanol–water partition coefficient (Wildman–Crippen LogP) is 3.18. The van der Waals surface area contributed by atoms with Crippen molar-refractivity contribution in [3.8, 4) is 0 Å². The van der Waals surface area contributed by atoms with Crippen molar-refractivity contribution in [2.75, 3.05) is 6.61 Å². The van der Waals surface area contributed by atoms with Gasteiger partial charge in [0.25, 0.3) is 0 Å². The molecule has 6 heteroatoms. The Balaban J connectivity index is 2.01. The highest BCUT2D eigenvalue weighted by atomic mass is 32.1. The highest BCUT2D eigenvalue weighted by molar-refractivity contribution is 7.21. The van der Waals surface area contributed by atoms with Crippen LogP contribution in [0.3, 0.4) is 0 Å². The number of rotatable bonds is 3. The zero-order valence-corrected chi connectivity index (χ0v) is 10.8. The first-order valence-corrected chi connectivity index (χ1v) is 7.01. The van der Waals surface area contributed by atoms with Gasteiger partial charge in [-0.1, -0.05) is 6.92 Å². The zero-order chi connectivity index (χ0) is 11.8. The van der Waals surface area contributed by atoms with Gasteiger partial charge in [-0.2, -0.15) is 0 Å². The Morgan fingerprint density at radius 3 is 3.29 bits per heavy atom. The molecule has 0 aliphatic heterocycles. The second-order valence-corrected chi connectivity index (χ2v) is 5.51. The number of nitrogens with zero attached hydrogens (tertiary/aromatic N) is 2. The zero-order valence-electron chi connectivity index (χ0n) is 9.17. The molecule has 0 N–H and O–H groups in total. The van der Waals surface area contributed by atoms with E-state index >= 15 is 0 Å². The van der Waals surface area contributed by atoms with Gasteiger partial charge < -0.3 is 4.74 Å². The number of fused-ring (bicyclic) bond motifs is 3. The summed E-state index contributed by atoms with van der Waals surface area (Å²) in [5.41, 5.74) is 0.981. The van der Waals surface area contributed by atoms with Crippen LogP contribution in [0.4, 0.5) is 0 Å². The van der Waals surface area contributed by atoms with Gasteiger partial charge in [0.05, 0.1) is 12.1 Å². The van der Waals surface area contributed by atoms with Gasteiger partial charge in [-0.25, -0.2) is 9.78 Å². The molecule has 0 radical (unpaired) electrons. The SMILES string of the molecule is CCCOC(=O)c1cc2c(nc3sccn32)s1. The first-order chi connectivity index (χ1) is 8.29.